The van der Waals surface area contributed by atoms with Crippen LogP contribution in [-0.4, -0.2) is 24.8 Å². The highest BCUT2D eigenvalue weighted by Crippen LogP contribution is 2.38. The number of halogens is 1. The Labute approximate surface area is 124 Å². The number of methoxy groups -OCH3 is 1. The van der Waals surface area contributed by atoms with Gasteiger partial charge in [-0.25, -0.2) is 0 Å². The number of carbonyl (C=O) groups is 1. The third-order valence-electron chi connectivity index (χ3n) is 3.15. The number of rotatable bonds is 6. The van der Waals surface area contributed by atoms with Gasteiger partial charge in [0.2, 0.25) is 0 Å². The van der Waals surface area contributed by atoms with Gasteiger partial charge in [-0.05, 0) is 25.0 Å². The molecule has 2 unspecified atom stereocenters. The molecule has 0 aliphatic carbocycles. The van der Waals surface area contributed by atoms with E-state index in [1.165, 1.54) is 7.11 Å². The zero-order chi connectivity index (χ0) is 15.3. The molecule has 0 saturated carbocycles. The van der Waals surface area contributed by atoms with Gasteiger partial charge in [-0.3, -0.25) is 4.79 Å². The molecule has 0 heterocycles. The SMILES string of the molecule is CCOC(=O)C(C(C)C)C(O)c1c(Cl)cccc1OC. The van der Waals surface area contributed by atoms with Crippen molar-refractivity contribution in [2.75, 3.05) is 13.7 Å². The van der Waals surface area contributed by atoms with Crippen LogP contribution in [0.1, 0.15) is 32.4 Å². The molecule has 2 atom stereocenters. The number of benzene rings is 1. The highest BCUT2D eigenvalue weighted by Gasteiger charge is 2.34. The highest BCUT2D eigenvalue weighted by molar-refractivity contribution is 6.31. The van der Waals surface area contributed by atoms with Crippen molar-refractivity contribution in [1.82, 2.24) is 0 Å². The Kier molecular flexibility index (Phi) is 6.30. The zero-order valence-electron chi connectivity index (χ0n) is 12.2. The minimum atomic E-state index is -1.07. The molecule has 1 N–H and O–H groups in total. The average molecular weight is 301 g/mol. The van der Waals surface area contributed by atoms with Crippen molar-refractivity contribution in [3.63, 3.8) is 0 Å². The largest absolute Gasteiger partial charge is 0.496 e. The van der Waals surface area contributed by atoms with E-state index in [0.717, 1.165) is 0 Å². The van der Waals surface area contributed by atoms with Gasteiger partial charge in [0.05, 0.1) is 30.8 Å². The summed E-state index contributed by atoms with van der Waals surface area (Å²) in [6, 6.07) is 5.09. The molecule has 1 aromatic rings. The van der Waals surface area contributed by atoms with E-state index < -0.39 is 18.0 Å². The standard InChI is InChI=1S/C15H21ClO4/c1-5-20-15(18)12(9(2)3)14(17)13-10(16)7-6-8-11(13)19-4/h6-9,12,14,17H,5H2,1-4H3. The molecule has 0 aliphatic rings. The van der Waals surface area contributed by atoms with Crippen molar-refractivity contribution >= 4 is 17.6 Å². The van der Waals surface area contributed by atoms with Gasteiger partial charge < -0.3 is 14.6 Å². The van der Waals surface area contributed by atoms with Gasteiger partial charge in [0, 0.05) is 5.56 Å². The van der Waals surface area contributed by atoms with Crippen molar-refractivity contribution in [3.8, 4) is 5.75 Å². The van der Waals surface area contributed by atoms with Gasteiger partial charge >= 0.3 is 5.97 Å². The Morgan fingerprint density at radius 2 is 2.05 bits per heavy atom. The molecule has 0 radical (unpaired) electrons. The van der Waals surface area contributed by atoms with E-state index in [1.807, 2.05) is 13.8 Å². The first-order chi connectivity index (χ1) is 9.43. The minimum absolute atomic E-state index is 0.0926. The smallest absolute Gasteiger partial charge is 0.312 e. The number of esters is 1. The second-order valence-electron chi connectivity index (χ2n) is 4.82. The Morgan fingerprint density at radius 1 is 1.40 bits per heavy atom. The maximum atomic E-state index is 12.0. The number of aliphatic hydroxyl groups is 1. The van der Waals surface area contributed by atoms with Gasteiger partial charge in [-0.2, -0.15) is 0 Å². The van der Waals surface area contributed by atoms with Crippen LogP contribution < -0.4 is 4.74 Å². The summed E-state index contributed by atoms with van der Waals surface area (Å²) < 4.78 is 10.3. The van der Waals surface area contributed by atoms with E-state index in [1.54, 1.807) is 25.1 Å². The lowest BCUT2D eigenvalue weighted by Gasteiger charge is -2.26. The molecule has 1 rings (SSSR count). The highest BCUT2D eigenvalue weighted by atomic mass is 35.5. The van der Waals surface area contributed by atoms with Gasteiger partial charge in [0.25, 0.3) is 0 Å². The third kappa shape index (κ3) is 3.64. The molecule has 0 spiro atoms. The van der Waals surface area contributed by atoms with Crippen LogP contribution in [0.15, 0.2) is 18.2 Å². The van der Waals surface area contributed by atoms with Crippen LogP contribution in [0.4, 0.5) is 0 Å². The van der Waals surface area contributed by atoms with Crippen molar-refractivity contribution < 1.29 is 19.4 Å². The maximum absolute atomic E-state index is 12.0. The van der Waals surface area contributed by atoms with Crippen LogP contribution >= 0.6 is 11.6 Å². The van der Waals surface area contributed by atoms with Crippen LogP contribution in [0, 0.1) is 11.8 Å². The molecule has 0 saturated heterocycles. The van der Waals surface area contributed by atoms with Gasteiger partial charge in [-0.1, -0.05) is 31.5 Å². The molecule has 0 fully saturated rings. The number of hydrogen-bond acceptors (Lipinski definition) is 4. The topological polar surface area (TPSA) is 55.8 Å². The van der Waals surface area contributed by atoms with Crippen molar-refractivity contribution in [3.05, 3.63) is 28.8 Å². The van der Waals surface area contributed by atoms with E-state index in [9.17, 15) is 9.90 Å². The second-order valence-corrected chi connectivity index (χ2v) is 5.23. The number of ether oxygens (including phenoxy) is 2. The summed E-state index contributed by atoms with van der Waals surface area (Å²) in [5.41, 5.74) is 0.420. The Bertz CT molecular complexity index is 459. The van der Waals surface area contributed by atoms with Crippen LogP contribution in [0.25, 0.3) is 0 Å². The molecule has 4 nitrogen and oxygen atoms in total. The Hall–Kier alpha value is -1.26. The first-order valence-electron chi connectivity index (χ1n) is 6.61. The maximum Gasteiger partial charge on any atom is 0.312 e. The fraction of sp³-hybridized carbons (Fsp3) is 0.533. The first kappa shape index (κ1) is 16.8. The summed E-state index contributed by atoms with van der Waals surface area (Å²) in [4.78, 5) is 12.0. The predicted molar refractivity (Wildman–Crippen MR) is 77.9 cm³/mol. The van der Waals surface area contributed by atoms with E-state index in [2.05, 4.69) is 0 Å². The summed E-state index contributed by atoms with van der Waals surface area (Å²) in [5.74, 6) is -0.759. The molecular formula is C15H21ClO4. The third-order valence-corrected chi connectivity index (χ3v) is 3.48. The van der Waals surface area contributed by atoms with Crippen molar-refractivity contribution in [2.45, 2.75) is 26.9 Å². The van der Waals surface area contributed by atoms with Gasteiger partial charge in [0.15, 0.2) is 0 Å². The quantitative estimate of drug-likeness (QED) is 0.820. The first-order valence-corrected chi connectivity index (χ1v) is 6.98. The number of aliphatic hydroxyl groups excluding tert-OH is 1. The monoisotopic (exact) mass is 300 g/mol. The lowest BCUT2D eigenvalue weighted by Crippen LogP contribution is -2.29. The summed E-state index contributed by atoms with van der Waals surface area (Å²) in [5, 5.41) is 10.9. The molecule has 0 aliphatic heterocycles. The van der Waals surface area contributed by atoms with E-state index >= 15 is 0 Å². The summed E-state index contributed by atoms with van der Waals surface area (Å²) in [7, 11) is 1.50. The molecule has 0 bridgehead atoms. The molecule has 0 aromatic heterocycles. The van der Waals surface area contributed by atoms with E-state index in [4.69, 9.17) is 21.1 Å². The van der Waals surface area contributed by atoms with Crippen molar-refractivity contribution in [2.24, 2.45) is 11.8 Å². The molecule has 112 valence electrons. The summed E-state index contributed by atoms with van der Waals surface area (Å²) in [6.45, 7) is 5.72. The minimum Gasteiger partial charge on any atom is -0.496 e. The van der Waals surface area contributed by atoms with Crippen LogP contribution in [0.2, 0.25) is 5.02 Å². The number of hydrogen-bond donors (Lipinski definition) is 1. The van der Waals surface area contributed by atoms with E-state index in [0.29, 0.717) is 16.3 Å². The molecule has 5 heteroatoms. The lowest BCUT2D eigenvalue weighted by molar-refractivity contribution is -0.154. The molecule has 20 heavy (non-hydrogen) atoms. The average Bonchev–Trinajstić information content (AvgIpc) is 2.38. The fourth-order valence-electron chi connectivity index (χ4n) is 2.17. The molecule has 0 amide bonds. The van der Waals surface area contributed by atoms with E-state index in [-0.39, 0.29) is 12.5 Å². The van der Waals surface area contributed by atoms with Gasteiger partial charge in [-0.15, -0.1) is 0 Å². The predicted octanol–water partition coefficient (Wildman–Crippen LogP) is 3.22. The lowest BCUT2D eigenvalue weighted by atomic mass is 9.86. The number of carbonyl (C=O) groups excluding carboxylic acids is 1. The van der Waals surface area contributed by atoms with Crippen LogP contribution in [-0.2, 0) is 9.53 Å². The summed E-state index contributed by atoms with van der Waals surface area (Å²) >= 11 is 6.14. The van der Waals surface area contributed by atoms with Crippen LogP contribution in [0.3, 0.4) is 0 Å². The normalized spacial score (nSPS) is 13.9. The second kappa shape index (κ2) is 7.50. The zero-order valence-corrected chi connectivity index (χ0v) is 13.0. The van der Waals surface area contributed by atoms with Crippen molar-refractivity contribution in [1.29, 1.82) is 0 Å². The molecule has 1 aromatic carbocycles. The Balaban J connectivity index is 3.19. The fourth-order valence-corrected chi connectivity index (χ4v) is 2.44. The van der Waals surface area contributed by atoms with Gasteiger partial charge in [0.1, 0.15) is 5.75 Å². The molecular weight excluding hydrogens is 280 g/mol. The summed E-state index contributed by atoms with van der Waals surface area (Å²) in [6.07, 6.45) is -1.07. The Morgan fingerprint density at radius 3 is 2.55 bits per heavy atom. The van der Waals surface area contributed by atoms with Crippen LogP contribution in [0.5, 0.6) is 5.75 Å².